The largest absolute Gasteiger partial charge is 0.480 e. The molecule has 0 aliphatic rings. The molecule has 0 unspecified atom stereocenters. The highest BCUT2D eigenvalue weighted by molar-refractivity contribution is 7.80. The van der Waals surface area contributed by atoms with Crippen LogP contribution in [0.4, 0.5) is 0 Å². The summed E-state index contributed by atoms with van der Waals surface area (Å²) in [6.45, 7) is 1.17. The van der Waals surface area contributed by atoms with E-state index in [2.05, 4.69) is 44.2 Å². The van der Waals surface area contributed by atoms with Crippen molar-refractivity contribution in [1.82, 2.24) is 26.6 Å². The molecule has 21 heteroatoms. The molecule has 0 aromatic rings. The first-order chi connectivity index (χ1) is 23.1. The number of carboxylic acid groups (broad SMARTS) is 1. The van der Waals surface area contributed by atoms with Gasteiger partial charge in [-0.2, -0.15) is 12.6 Å². The number of unbranched alkanes of at least 4 members (excludes halogenated alkanes) is 2. The summed E-state index contributed by atoms with van der Waals surface area (Å²) in [5.74, 6) is -6.18. The van der Waals surface area contributed by atoms with Crippen LogP contribution in [-0.4, -0.2) is 131 Å². The molecule has 5 amide bonds. The Morgan fingerprint density at radius 1 is 0.694 bits per heavy atom. The molecule has 0 radical (unpaired) electrons. The molecule has 0 aromatic carbocycles. The minimum atomic E-state index is -1.61. The average Bonchev–Trinajstić information content (AvgIpc) is 3.04. The van der Waals surface area contributed by atoms with Gasteiger partial charge in [-0.1, -0.05) is 6.42 Å². The maximum atomic E-state index is 13.3. The Morgan fingerprint density at radius 3 is 1.69 bits per heavy atom. The third-order valence-corrected chi connectivity index (χ3v) is 7.50. The first-order valence-electron chi connectivity index (χ1n) is 16.0. The Balaban J connectivity index is 5.63. The zero-order valence-corrected chi connectivity index (χ0v) is 28.7. The molecule has 0 saturated carbocycles. The molecular formula is C28H55N11O9S. The number of nitrogens with one attached hydrogen (secondary N) is 5. The van der Waals surface area contributed by atoms with E-state index in [9.17, 15) is 44.1 Å². The number of rotatable bonds is 26. The number of guanidine groups is 1. The number of nitrogens with two attached hydrogens (primary N) is 5. The van der Waals surface area contributed by atoms with Crippen molar-refractivity contribution in [2.24, 2.45) is 33.7 Å². The van der Waals surface area contributed by atoms with Gasteiger partial charge in [0.05, 0.1) is 18.8 Å². The smallest absolute Gasteiger partial charge is 0.326 e. The maximum Gasteiger partial charge on any atom is 0.326 e. The summed E-state index contributed by atoms with van der Waals surface area (Å²) in [5, 5.41) is 41.4. The number of carbonyl (C=O) groups is 6. The van der Waals surface area contributed by atoms with E-state index in [-0.39, 0.29) is 44.1 Å². The van der Waals surface area contributed by atoms with Crippen LogP contribution in [0, 0.1) is 0 Å². The van der Waals surface area contributed by atoms with Gasteiger partial charge in [0, 0.05) is 12.3 Å². The summed E-state index contributed by atoms with van der Waals surface area (Å²) < 4.78 is 0. The van der Waals surface area contributed by atoms with Gasteiger partial charge in [-0.15, -0.1) is 0 Å². The number of nitrogens with zero attached hydrogens (tertiary/aromatic N) is 1. The number of aliphatic hydroxyl groups excluding tert-OH is 2. The normalized spacial score (nSPS) is 15.2. The lowest BCUT2D eigenvalue weighted by Gasteiger charge is -2.27. The SMILES string of the molecule is C[C@@H](O)[C@H](NC(=O)[C@@H](N)CCCCN)C(=O)N[C@H](CCCCN)C(=O)N[C@@H](CO)C(=O)N[C@H](CS)C(=O)N[C@@H](CCCN=C(N)N)C(=O)O. The molecule has 0 saturated heterocycles. The molecule has 0 fully saturated rings. The lowest BCUT2D eigenvalue weighted by Crippen LogP contribution is -2.61. The predicted molar refractivity (Wildman–Crippen MR) is 184 cm³/mol. The molecule has 0 rings (SSSR count). The molecule has 7 atom stereocenters. The van der Waals surface area contributed by atoms with E-state index in [0.29, 0.717) is 38.6 Å². The van der Waals surface area contributed by atoms with Gasteiger partial charge in [0.15, 0.2) is 5.96 Å². The summed E-state index contributed by atoms with van der Waals surface area (Å²) in [4.78, 5) is 80.2. The minimum Gasteiger partial charge on any atom is -0.480 e. The van der Waals surface area contributed by atoms with Crippen molar-refractivity contribution in [2.75, 3.05) is 32.0 Å². The third kappa shape index (κ3) is 18.5. The van der Waals surface area contributed by atoms with Crippen molar-refractivity contribution in [2.45, 2.75) is 101 Å². The monoisotopic (exact) mass is 721 g/mol. The van der Waals surface area contributed by atoms with Gasteiger partial charge in [0.1, 0.15) is 30.2 Å². The fourth-order valence-electron chi connectivity index (χ4n) is 4.29. The summed E-state index contributed by atoms with van der Waals surface area (Å²) in [7, 11) is 0. The van der Waals surface area contributed by atoms with Crippen LogP contribution in [-0.2, 0) is 28.8 Å². The standard InChI is InChI=1S/C28H55N11O9S/c1-15(41)21(39-22(42)16(31)7-2-4-10-29)26(46)35-17(8-3-5-11-30)23(43)37-19(13-40)24(44)38-20(14-49)25(45)36-18(27(47)48)9-6-12-34-28(32)33/h15-21,40-41,49H,2-14,29-31H2,1H3,(H,35,46)(H,36,45)(H,37,43)(H,38,44)(H,39,42)(H,47,48)(H4,32,33,34)/t15-,16+,17-,18+,19+,20-,21+/m1/s1. The van der Waals surface area contributed by atoms with Crippen molar-refractivity contribution in [3.63, 3.8) is 0 Å². The topological polar surface area (TPSA) is 366 Å². The molecule has 0 aliphatic heterocycles. The van der Waals surface area contributed by atoms with E-state index < -0.39 is 84.5 Å². The number of hydrogen-bond acceptors (Lipinski definition) is 13. The third-order valence-electron chi connectivity index (χ3n) is 7.14. The zero-order valence-electron chi connectivity index (χ0n) is 27.8. The van der Waals surface area contributed by atoms with Crippen molar-refractivity contribution >= 4 is 54.1 Å². The fourth-order valence-corrected chi connectivity index (χ4v) is 4.55. The zero-order chi connectivity index (χ0) is 37.5. The van der Waals surface area contributed by atoms with Crippen molar-refractivity contribution in [3.05, 3.63) is 0 Å². The van der Waals surface area contributed by atoms with Crippen LogP contribution in [0.2, 0.25) is 0 Å². The second kappa shape index (κ2) is 25.2. The fraction of sp³-hybridized carbons (Fsp3) is 0.750. The number of carbonyl (C=O) groups excluding carboxylic acids is 5. The van der Waals surface area contributed by atoms with Gasteiger partial charge in [-0.3, -0.25) is 29.0 Å². The number of thiol groups is 1. The van der Waals surface area contributed by atoms with Crippen molar-refractivity contribution in [1.29, 1.82) is 0 Å². The Labute approximate surface area is 290 Å². The van der Waals surface area contributed by atoms with Crippen LogP contribution in [0.1, 0.15) is 58.3 Å². The van der Waals surface area contributed by atoms with Crippen LogP contribution in [0.25, 0.3) is 0 Å². The number of carboxylic acids is 1. The van der Waals surface area contributed by atoms with Crippen molar-refractivity contribution in [3.8, 4) is 0 Å². The van der Waals surface area contributed by atoms with Gasteiger partial charge >= 0.3 is 5.97 Å². The van der Waals surface area contributed by atoms with E-state index in [0.717, 1.165) is 0 Å². The van der Waals surface area contributed by atoms with Crippen LogP contribution in [0.3, 0.4) is 0 Å². The first kappa shape index (κ1) is 45.2. The van der Waals surface area contributed by atoms with Crippen LogP contribution in [0.5, 0.6) is 0 Å². The molecular weight excluding hydrogens is 666 g/mol. The van der Waals surface area contributed by atoms with Gasteiger partial charge in [-0.25, -0.2) is 4.79 Å². The number of aliphatic imine (C=N–C) groups is 1. The molecule has 0 heterocycles. The highest BCUT2D eigenvalue weighted by Crippen LogP contribution is 2.06. The summed E-state index contributed by atoms with van der Waals surface area (Å²) in [6, 6.07) is -8.05. The lowest BCUT2D eigenvalue weighted by molar-refractivity contribution is -0.142. The number of hydrogen-bond donors (Lipinski definition) is 14. The van der Waals surface area contributed by atoms with Crippen LogP contribution in [0.15, 0.2) is 4.99 Å². The lowest BCUT2D eigenvalue weighted by atomic mass is 10.0. The Bertz CT molecular complexity index is 1100. The Kier molecular flexibility index (Phi) is 23.3. The van der Waals surface area contributed by atoms with E-state index >= 15 is 0 Å². The molecule has 20 nitrogen and oxygen atoms in total. The van der Waals surface area contributed by atoms with E-state index in [1.54, 1.807) is 0 Å². The quantitative estimate of drug-likeness (QED) is 0.0171. The van der Waals surface area contributed by atoms with Crippen LogP contribution >= 0.6 is 12.6 Å². The average molecular weight is 722 g/mol. The molecule has 0 bridgehead atoms. The Hall–Kier alpha value is -3.76. The van der Waals surface area contributed by atoms with E-state index in [1.165, 1.54) is 6.92 Å². The maximum absolute atomic E-state index is 13.3. The Morgan fingerprint density at radius 2 is 1.18 bits per heavy atom. The molecule has 0 spiro atoms. The molecule has 49 heavy (non-hydrogen) atoms. The number of amides is 5. The molecule has 0 aromatic heterocycles. The van der Waals surface area contributed by atoms with Crippen molar-refractivity contribution < 1.29 is 44.1 Å². The van der Waals surface area contributed by atoms with E-state index in [1.807, 2.05) is 0 Å². The summed E-state index contributed by atoms with van der Waals surface area (Å²) >= 11 is 4.05. The molecule has 0 aliphatic carbocycles. The molecule has 18 N–H and O–H groups in total. The number of aliphatic carboxylic acids is 1. The van der Waals surface area contributed by atoms with Gasteiger partial charge in [0.25, 0.3) is 0 Å². The molecule has 282 valence electrons. The van der Waals surface area contributed by atoms with Gasteiger partial charge in [0.2, 0.25) is 29.5 Å². The van der Waals surface area contributed by atoms with Gasteiger partial charge < -0.3 is 70.6 Å². The second-order valence-electron chi connectivity index (χ2n) is 11.3. The number of aliphatic hydroxyl groups is 2. The second-order valence-corrected chi connectivity index (χ2v) is 11.7. The van der Waals surface area contributed by atoms with Gasteiger partial charge in [-0.05, 0) is 65.0 Å². The summed E-state index contributed by atoms with van der Waals surface area (Å²) in [6.07, 6.45) is 1.20. The minimum absolute atomic E-state index is 0.0289. The first-order valence-corrected chi connectivity index (χ1v) is 16.6. The van der Waals surface area contributed by atoms with E-state index in [4.69, 9.17) is 28.7 Å². The predicted octanol–water partition coefficient (Wildman–Crippen LogP) is -5.56. The summed E-state index contributed by atoms with van der Waals surface area (Å²) in [5.41, 5.74) is 27.4. The van der Waals surface area contributed by atoms with Crippen LogP contribution < -0.4 is 55.3 Å². The highest BCUT2D eigenvalue weighted by atomic mass is 32.1. The highest BCUT2D eigenvalue weighted by Gasteiger charge is 2.33.